The van der Waals surface area contributed by atoms with E-state index in [1.807, 2.05) is 0 Å². The summed E-state index contributed by atoms with van der Waals surface area (Å²) in [6.45, 7) is 5.73. The lowest BCUT2D eigenvalue weighted by Gasteiger charge is -2.40. The first-order chi connectivity index (χ1) is 40.6. The summed E-state index contributed by atoms with van der Waals surface area (Å²) >= 11 is 0. The maximum atomic E-state index is 13.2. The molecule has 0 radical (unpaired) electrons. The van der Waals surface area contributed by atoms with Crippen molar-refractivity contribution in [2.45, 2.75) is 289 Å². The van der Waals surface area contributed by atoms with E-state index < -0.39 is 67.3 Å². The van der Waals surface area contributed by atoms with Gasteiger partial charge >= 0.3 is 23.9 Å². The van der Waals surface area contributed by atoms with Crippen LogP contribution >= 0.6 is 0 Å². The van der Waals surface area contributed by atoms with Crippen LogP contribution in [0.25, 0.3) is 0 Å². The predicted octanol–water partition coefficient (Wildman–Crippen LogP) is 17.6. The molecule has 1 saturated heterocycles. The number of aliphatic carboxylic acids is 1. The highest BCUT2D eigenvalue weighted by Crippen LogP contribution is 2.26. The minimum Gasteiger partial charge on any atom is -0.479 e. The van der Waals surface area contributed by atoms with Crippen LogP contribution in [-0.2, 0) is 42.9 Å². The largest absolute Gasteiger partial charge is 0.479 e. The molecular formula is C71H114O12. The second-order valence-corrected chi connectivity index (χ2v) is 21.6. The van der Waals surface area contributed by atoms with E-state index in [2.05, 4.69) is 142 Å². The van der Waals surface area contributed by atoms with Gasteiger partial charge in [0.05, 0.1) is 6.61 Å². The molecule has 3 N–H and O–H groups in total. The number of allylic oxidation sites excluding steroid dienone is 20. The Morgan fingerprint density at radius 1 is 0.410 bits per heavy atom. The topological polar surface area (TPSA) is 175 Å². The van der Waals surface area contributed by atoms with Crippen LogP contribution in [0, 0.1) is 0 Å². The van der Waals surface area contributed by atoms with Crippen molar-refractivity contribution in [3.8, 4) is 0 Å². The average Bonchev–Trinajstić information content (AvgIpc) is 3.58. The van der Waals surface area contributed by atoms with Gasteiger partial charge in [-0.2, -0.15) is 0 Å². The number of rotatable bonds is 54. The van der Waals surface area contributed by atoms with Crippen LogP contribution in [0.1, 0.15) is 252 Å². The first-order valence-corrected chi connectivity index (χ1v) is 32.5. The Balaban J connectivity index is 2.71. The Morgan fingerprint density at radius 2 is 0.759 bits per heavy atom. The minimum atomic E-state index is -1.92. The molecule has 0 saturated carbocycles. The number of carboxylic acids is 1. The summed E-state index contributed by atoms with van der Waals surface area (Å²) in [4.78, 5) is 51.4. The van der Waals surface area contributed by atoms with Gasteiger partial charge in [-0.05, 0) is 128 Å². The van der Waals surface area contributed by atoms with Gasteiger partial charge in [0, 0.05) is 19.3 Å². The lowest BCUT2D eigenvalue weighted by atomic mass is 9.98. The number of aliphatic hydroxyl groups excluding tert-OH is 2. The molecule has 0 spiro atoms. The van der Waals surface area contributed by atoms with Crippen molar-refractivity contribution in [3.05, 3.63) is 122 Å². The molecule has 0 aromatic carbocycles. The van der Waals surface area contributed by atoms with Crippen LogP contribution in [0.2, 0.25) is 0 Å². The number of carboxylic acid groups (broad SMARTS) is 1. The maximum Gasteiger partial charge on any atom is 0.335 e. The third-order valence-electron chi connectivity index (χ3n) is 14.0. The van der Waals surface area contributed by atoms with E-state index in [0.29, 0.717) is 19.3 Å². The van der Waals surface area contributed by atoms with Crippen LogP contribution in [0.4, 0.5) is 0 Å². The summed E-state index contributed by atoms with van der Waals surface area (Å²) in [7, 11) is 0. The number of carbonyl (C=O) groups is 4. The van der Waals surface area contributed by atoms with Crippen LogP contribution < -0.4 is 0 Å². The molecule has 12 nitrogen and oxygen atoms in total. The van der Waals surface area contributed by atoms with Gasteiger partial charge < -0.3 is 39.0 Å². The van der Waals surface area contributed by atoms with Crippen LogP contribution in [0.5, 0.6) is 0 Å². The first-order valence-electron chi connectivity index (χ1n) is 32.5. The van der Waals surface area contributed by atoms with E-state index in [0.717, 1.165) is 154 Å². The van der Waals surface area contributed by atoms with Crippen LogP contribution in [0.3, 0.4) is 0 Å². The highest BCUT2D eigenvalue weighted by molar-refractivity contribution is 5.74. The van der Waals surface area contributed by atoms with E-state index in [1.165, 1.54) is 38.5 Å². The van der Waals surface area contributed by atoms with E-state index in [-0.39, 0.29) is 25.9 Å². The zero-order chi connectivity index (χ0) is 60.3. The fourth-order valence-electron chi connectivity index (χ4n) is 9.09. The van der Waals surface area contributed by atoms with E-state index in [1.54, 1.807) is 0 Å². The van der Waals surface area contributed by atoms with Crippen molar-refractivity contribution in [2.24, 2.45) is 0 Å². The summed E-state index contributed by atoms with van der Waals surface area (Å²) in [5.41, 5.74) is 0. The molecule has 0 aromatic rings. The number of hydrogen-bond donors (Lipinski definition) is 3. The molecule has 1 aliphatic heterocycles. The zero-order valence-electron chi connectivity index (χ0n) is 51.9. The molecule has 6 unspecified atom stereocenters. The van der Waals surface area contributed by atoms with Crippen molar-refractivity contribution in [1.29, 1.82) is 0 Å². The molecule has 0 aliphatic carbocycles. The van der Waals surface area contributed by atoms with Gasteiger partial charge in [-0.3, -0.25) is 14.4 Å². The van der Waals surface area contributed by atoms with Crippen LogP contribution in [0.15, 0.2) is 122 Å². The van der Waals surface area contributed by atoms with Crippen molar-refractivity contribution >= 4 is 23.9 Å². The third-order valence-corrected chi connectivity index (χ3v) is 14.0. The lowest BCUT2D eigenvalue weighted by Crippen LogP contribution is -2.61. The Bertz CT molecular complexity index is 1900. The predicted molar refractivity (Wildman–Crippen MR) is 340 cm³/mol. The minimum absolute atomic E-state index is 0.0398. The number of unbranched alkanes of at least 4 members (excludes halogenated alkanes) is 20. The number of hydrogen-bond acceptors (Lipinski definition) is 11. The van der Waals surface area contributed by atoms with Gasteiger partial charge in [-0.1, -0.05) is 226 Å². The summed E-state index contributed by atoms with van der Waals surface area (Å²) in [6.07, 6.45) is 67.2. The molecule has 1 heterocycles. The fraction of sp³-hybridized carbons (Fsp3) is 0.662. The standard InChI is InChI=1S/C71H114O12/c1-4-7-10-13-16-19-22-25-28-30-32-34-37-39-42-45-48-51-54-57-63(72)79-60-62(81-64(73)58-55-52-49-46-43-41-38-35-33-31-29-26-23-20-17-14-11-8-5-2)61-80-71-69(67(76)66(75)68(83-71)70(77)78)82-65(74)59-56-53-50-47-44-40-36-27-24-21-18-15-12-9-6-3/h7-8,10-11,16-17,19-20,25-29,32-36,39,42,62,66-69,71,75-76H,4-6,9,12-15,18,21-24,30-31,37-38,40-41,43-61H2,1-3H3,(H,77,78)/b10-7-,11-8-,19-16-,20-17-,28-25-,29-26-,34-32-,35-33-,36-27-,42-39-. The van der Waals surface area contributed by atoms with Crippen molar-refractivity contribution in [1.82, 2.24) is 0 Å². The molecule has 0 aromatic heterocycles. The van der Waals surface area contributed by atoms with E-state index >= 15 is 0 Å². The van der Waals surface area contributed by atoms with Crippen LogP contribution in [-0.4, -0.2) is 89.2 Å². The maximum absolute atomic E-state index is 13.2. The van der Waals surface area contributed by atoms with Gasteiger partial charge in [0.2, 0.25) is 0 Å². The molecule has 470 valence electrons. The number of aliphatic hydroxyl groups is 2. The van der Waals surface area contributed by atoms with Gasteiger partial charge in [-0.15, -0.1) is 0 Å². The summed E-state index contributed by atoms with van der Waals surface area (Å²) < 4.78 is 28.5. The Kier molecular flexibility index (Phi) is 52.8. The molecular weight excluding hydrogens is 1040 g/mol. The molecule has 83 heavy (non-hydrogen) atoms. The first kappa shape index (κ1) is 76.1. The lowest BCUT2D eigenvalue weighted by molar-refractivity contribution is -0.301. The second-order valence-electron chi connectivity index (χ2n) is 21.6. The van der Waals surface area contributed by atoms with E-state index in [9.17, 15) is 34.5 Å². The van der Waals surface area contributed by atoms with Gasteiger partial charge in [0.25, 0.3) is 0 Å². The molecule has 1 rings (SSSR count). The normalized spacial score (nSPS) is 18.4. The molecule has 1 aliphatic rings. The molecule has 0 bridgehead atoms. The summed E-state index contributed by atoms with van der Waals surface area (Å²) in [6, 6.07) is 0. The zero-order valence-corrected chi connectivity index (χ0v) is 51.9. The van der Waals surface area contributed by atoms with Gasteiger partial charge in [0.15, 0.2) is 24.6 Å². The summed E-state index contributed by atoms with van der Waals surface area (Å²) in [5, 5.41) is 31.6. The highest BCUT2D eigenvalue weighted by atomic mass is 16.7. The number of carbonyl (C=O) groups excluding carboxylic acids is 3. The number of esters is 3. The Morgan fingerprint density at radius 3 is 1.18 bits per heavy atom. The van der Waals surface area contributed by atoms with Gasteiger partial charge in [0.1, 0.15) is 18.8 Å². The molecule has 1 fully saturated rings. The van der Waals surface area contributed by atoms with Crippen molar-refractivity contribution in [3.63, 3.8) is 0 Å². The fourth-order valence-corrected chi connectivity index (χ4v) is 9.09. The Hall–Kier alpha value is -4.88. The monoisotopic (exact) mass is 1160 g/mol. The molecule has 12 heteroatoms. The number of ether oxygens (including phenoxy) is 5. The molecule has 6 atom stereocenters. The second kappa shape index (κ2) is 57.5. The SMILES string of the molecule is CC/C=C\C/C=C\C/C=C\C/C=C\C/C=C\CCCCCC(=O)OCC(COC1OC(C(=O)O)C(O)C(O)C1OC(=O)CCCCCCC/C=C\CCCCCCCC)OC(=O)CCCCCCCC/C=C\C/C=C\C/C=C\C/C=C\CC. The smallest absolute Gasteiger partial charge is 0.335 e. The highest BCUT2D eigenvalue weighted by Gasteiger charge is 2.50. The molecule has 0 amide bonds. The summed E-state index contributed by atoms with van der Waals surface area (Å²) in [5.74, 6) is -3.20. The Labute approximate surface area is 503 Å². The van der Waals surface area contributed by atoms with Crippen molar-refractivity contribution in [2.75, 3.05) is 13.2 Å². The average molecular weight is 1160 g/mol. The van der Waals surface area contributed by atoms with Crippen molar-refractivity contribution < 1.29 is 58.2 Å². The van der Waals surface area contributed by atoms with Gasteiger partial charge in [-0.25, -0.2) is 4.79 Å². The quantitative estimate of drug-likeness (QED) is 0.0228. The van der Waals surface area contributed by atoms with E-state index in [4.69, 9.17) is 23.7 Å². The third kappa shape index (κ3) is 47.1.